The number of piperidine rings is 2. The molecule has 0 aliphatic carbocycles. The van der Waals surface area contributed by atoms with Crippen LogP contribution in [0.15, 0.2) is 24.4 Å². The molecule has 19 heavy (non-hydrogen) atoms. The van der Waals surface area contributed by atoms with E-state index in [4.69, 9.17) is 0 Å². The molecule has 2 aliphatic heterocycles. The number of nitriles is 1. The summed E-state index contributed by atoms with van der Waals surface area (Å²) in [6.07, 6.45) is 5.38. The quantitative estimate of drug-likeness (QED) is 0.778. The molecule has 0 saturated carbocycles. The van der Waals surface area contributed by atoms with E-state index in [1.165, 1.54) is 0 Å². The average molecular weight is 257 g/mol. The molecule has 1 N–H and O–H groups in total. The van der Waals surface area contributed by atoms with Gasteiger partial charge in [-0.3, -0.25) is 9.88 Å². The van der Waals surface area contributed by atoms with Crippen LogP contribution in [-0.2, 0) is 0 Å². The Balaban J connectivity index is 1.97. The summed E-state index contributed by atoms with van der Waals surface area (Å²) in [5.41, 5.74) is -0.214. The van der Waals surface area contributed by atoms with Gasteiger partial charge in [-0.15, -0.1) is 0 Å². The molecule has 2 fully saturated rings. The maximum absolute atomic E-state index is 10.7. The van der Waals surface area contributed by atoms with Gasteiger partial charge < -0.3 is 5.11 Å². The van der Waals surface area contributed by atoms with Crippen LogP contribution in [0.5, 0.6) is 0 Å². The fourth-order valence-corrected chi connectivity index (χ4v) is 3.68. The van der Waals surface area contributed by atoms with Gasteiger partial charge in [0.1, 0.15) is 0 Å². The van der Waals surface area contributed by atoms with E-state index in [2.05, 4.69) is 16.0 Å². The zero-order valence-corrected chi connectivity index (χ0v) is 11.0. The third-order valence-electron chi connectivity index (χ3n) is 4.49. The summed E-state index contributed by atoms with van der Waals surface area (Å²) < 4.78 is 0. The monoisotopic (exact) mass is 257 g/mol. The number of nitrogens with zero attached hydrogens (tertiary/aromatic N) is 3. The molecule has 0 spiro atoms. The van der Waals surface area contributed by atoms with Crippen LogP contribution in [0.4, 0.5) is 0 Å². The number of hydrogen-bond donors (Lipinski definition) is 1. The van der Waals surface area contributed by atoms with Crippen molar-refractivity contribution in [2.45, 2.75) is 43.2 Å². The van der Waals surface area contributed by atoms with Crippen LogP contribution >= 0.6 is 0 Å². The number of aliphatic hydroxyl groups is 1. The van der Waals surface area contributed by atoms with Crippen molar-refractivity contribution in [3.05, 3.63) is 30.1 Å². The fraction of sp³-hybridized carbons (Fsp3) is 0.600. The van der Waals surface area contributed by atoms with Crippen LogP contribution < -0.4 is 0 Å². The minimum Gasteiger partial charge on any atom is -0.374 e. The summed E-state index contributed by atoms with van der Waals surface area (Å²) in [6.45, 7) is 1.97. The largest absolute Gasteiger partial charge is 0.374 e. The van der Waals surface area contributed by atoms with Crippen LogP contribution in [0.25, 0.3) is 0 Å². The average Bonchev–Trinajstić information content (AvgIpc) is 2.48. The van der Waals surface area contributed by atoms with Crippen molar-refractivity contribution in [2.24, 2.45) is 0 Å². The maximum atomic E-state index is 10.7. The highest BCUT2D eigenvalue weighted by Gasteiger charge is 2.49. The van der Waals surface area contributed by atoms with Crippen LogP contribution in [0.1, 0.15) is 37.3 Å². The SMILES string of the molecule is N#CC1(O)CCCN2CCCC(c3ccccn3)C21. The zero-order chi connectivity index (χ0) is 13.3. The Labute approximate surface area is 113 Å². The van der Waals surface area contributed by atoms with Crippen LogP contribution in [0, 0.1) is 11.3 Å². The first kappa shape index (κ1) is 12.6. The molecule has 100 valence electrons. The summed E-state index contributed by atoms with van der Waals surface area (Å²) in [5, 5.41) is 20.1. The second kappa shape index (κ2) is 4.92. The molecule has 4 nitrogen and oxygen atoms in total. The molecule has 1 aromatic heterocycles. The van der Waals surface area contributed by atoms with E-state index < -0.39 is 5.60 Å². The lowest BCUT2D eigenvalue weighted by atomic mass is 9.73. The summed E-state index contributed by atoms with van der Waals surface area (Å²) >= 11 is 0. The van der Waals surface area contributed by atoms with Crippen molar-refractivity contribution < 1.29 is 5.11 Å². The summed E-state index contributed by atoms with van der Waals surface area (Å²) in [7, 11) is 0. The second-order valence-corrected chi connectivity index (χ2v) is 5.62. The highest BCUT2D eigenvalue weighted by molar-refractivity contribution is 5.22. The van der Waals surface area contributed by atoms with Crippen LogP contribution in [-0.4, -0.2) is 39.7 Å². The Hall–Kier alpha value is -1.44. The first-order valence-corrected chi connectivity index (χ1v) is 7.03. The summed E-state index contributed by atoms with van der Waals surface area (Å²) in [6, 6.07) is 7.96. The van der Waals surface area contributed by atoms with E-state index >= 15 is 0 Å². The molecule has 0 bridgehead atoms. The molecule has 0 aromatic carbocycles. The lowest BCUT2D eigenvalue weighted by molar-refractivity contribution is -0.0666. The Morgan fingerprint density at radius 3 is 2.95 bits per heavy atom. The maximum Gasteiger partial charge on any atom is 0.167 e. The minimum absolute atomic E-state index is 0.102. The van der Waals surface area contributed by atoms with E-state index in [9.17, 15) is 10.4 Å². The molecule has 3 heterocycles. The number of hydrogen-bond acceptors (Lipinski definition) is 4. The third kappa shape index (κ3) is 2.13. The molecular weight excluding hydrogens is 238 g/mol. The van der Waals surface area contributed by atoms with Gasteiger partial charge in [-0.05, 0) is 50.9 Å². The number of aromatic nitrogens is 1. The molecule has 0 radical (unpaired) electrons. The van der Waals surface area contributed by atoms with E-state index in [0.29, 0.717) is 6.42 Å². The Kier molecular flexibility index (Phi) is 3.26. The van der Waals surface area contributed by atoms with Gasteiger partial charge in [0.2, 0.25) is 0 Å². The molecule has 1 aromatic rings. The Morgan fingerprint density at radius 2 is 2.21 bits per heavy atom. The predicted molar refractivity (Wildman–Crippen MR) is 71.4 cm³/mol. The normalized spacial score (nSPS) is 35.4. The minimum atomic E-state index is -1.22. The zero-order valence-electron chi connectivity index (χ0n) is 11.0. The second-order valence-electron chi connectivity index (χ2n) is 5.62. The number of pyridine rings is 1. The van der Waals surface area contributed by atoms with Crippen molar-refractivity contribution in [3.8, 4) is 6.07 Å². The first-order valence-electron chi connectivity index (χ1n) is 7.03. The van der Waals surface area contributed by atoms with Crippen molar-refractivity contribution in [3.63, 3.8) is 0 Å². The molecule has 4 heteroatoms. The van der Waals surface area contributed by atoms with E-state index in [1.54, 1.807) is 6.20 Å². The lowest BCUT2D eigenvalue weighted by Crippen LogP contribution is -2.60. The molecule has 3 atom stereocenters. The van der Waals surface area contributed by atoms with Crippen LogP contribution in [0.2, 0.25) is 0 Å². The van der Waals surface area contributed by atoms with Gasteiger partial charge in [-0.1, -0.05) is 6.07 Å². The molecular formula is C15H19N3O. The van der Waals surface area contributed by atoms with Crippen molar-refractivity contribution in [1.29, 1.82) is 5.26 Å². The molecule has 0 amide bonds. The molecule has 3 unspecified atom stereocenters. The van der Waals surface area contributed by atoms with E-state index in [-0.39, 0.29) is 12.0 Å². The smallest absolute Gasteiger partial charge is 0.167 e. The third-order valence-corrected chi connectivity index (χ3v) is 4.49. The molecule has 3 rings (SSSR count). The van der Waals surface area contributed by atoms with Crippen molar-refractivity contribution in [2.75, 3.05) is 13.1 Å². The van der Waals surface area contributed by atoms with Gasteiger partial charge in [0.15, 0.2) is 5.60 Å². The number of fused-ring (bicyclic) bond motifs is 1. The highest BCUT2D eigenvalue weighted by Crippen LogP contribution is 2.41. The van der Waals surface area contributed by atoms with Gasteiger partial charge >= 0.3 is 0 Å². The molecule has 2 aliphatic rings. The van der Waals surface area contributed by atoms with E-state index in [0.717, 1.165) is 38.0 Å². The van der Waals surface area contributed by atoms with Crippen molar-refractivity contribution >= 4 is 0 Å². The topological polar surface area (TPSA) is 60.1 Å². The standard InChI is InChI=1S/C15H19N3O/c16-11-15(19)7-4-10-18-9-3-5-12(14(15)18)13-6-1-2-8-17-13/h1-2,6,8,12,14,19H,3-5,7,9-10H2. The van der Waals surface area contributed by atoms with Gasteiger partial charge in [-0.2, -0.15) is 5.26 Å². The van der Waals surface area contributed by atoms with Crippen molar-refractivity contribution in [1.82, 2.24) is 9.88 Å². The summed E-state index contributed by atoms with van der Waals surface area (Å²) in [5.74, 6) is 0.167. The first-order chi connectivity index (χ1) is 9.24. The van der Waals surface area contributed by atoms with Gasteiger partial charge in [-0.25, -0.2) is 0 Å². The van der Waals surface area contributed by atoms with Crippen LogP contribution in [0.3, 0.4) is 0 Å². The molecule has 2 saturated heterocycles. The highest BCUT2D eigenvalue weighted by atomic mass is 16.3. The van der Waals surface area contributed by atoms with Gasteiger partial charge in [0.05, 0.1) is 12.1 Å². The van der Waals surface area contributed by atoms with E-state index in [1.807, 2.05) is 18.2 Å². The predicted octanol–water partition coefficient (Wildman–Crippen LogP) is 1.68. The van der Waals surface area contributed by atoms with Gasteiger partial charge in [0.25, 0.3) is 0 Å². The van der Waals surface area contributed by atoms with Gasteiger partial charge in [0, 0.05) is 17.8 Å². The number of rotatable bonds is 1. The summed E-state index contributed by atoms with van der Waals surface area (Å²) in [4.78, 5) is 6.73. The Bertz CT molecular complexity index is 482. The lowest BCUT2D eigenvalue weighted by Gasteiger charge is -2.49. The fourth-order valence-electron chi connectivity index (χ4n) is 3.68. The Morgan fingerprint density at radius 1 is 1.37 bits per heavy atom.